The van der Waals surface area contributed by atoms with Gasteiger partial charge in [0.15, 0.2) is 0 Å². The number of halogens is 1. The molecule has 0 radical (unpaired) electrons. The van der Waals surface area contributed by atoms with Crippen molar-refractivity contribution in [1.29, 1.82) is 0 Å². The van der Waals surface area contributed by atoms with Crippen molar-refractivity contribution in [3.8, 4) is 0 Å². The second-order valence-electron chi connectivity index (χ2n) is 4.12. The van der Waals surface area contributed by atoms with Gasteiger partial charge in [-0.2, -0.15) is 0 Å². The molecule has 0 spiro atoms. The first-order valence-corrected chi connectivity index (χ1v) is 8.42. The lowest BCUT2D eigenvalue weighted by Gasteiger charge is -2.18. The van der Waals surface area contributed by atoms with E-state index in [1.807, 2.05) is 38.1 Å². The Balaban J connectivity index is 2.32. The summed E-state index contributed by atoms with van der Waals surface area (Å²) >= 11 is 4.69. The summed E-state index contributed by atoms with van der Waals surface area (Å²) in [6, 6.07) is 7.42. The van der Waals surface area contributed by atoms with Crippen LogP contribution in [0.2, 0.25) is 0 Å². The lowest BCUT2D eigenvalue weighted by atomic mass is 10.3. The summed E-state index contributed by atoms with van der Waals surface area (Å²) < 4.78 is 0.916. The van der Waals surface area contributed by atoms with Crippen LogP contribution in [0.15, 0.2) is 28.7 Å². The summed E-state index contributed by atoms with van der Waals surface area (Å²) in [5.74, 6) is 0.600. The molecular weight excluding hydrogens is 340 g/mol. The molecule has 0 heterocycles. The summed E-state index contributed by atoms with van der Waals surface area (Å²) in [6.45, 7) is 5.32. The van der Waals surface area contributed by atoms with Crippen LogP contribution in [0.4, 0.5) is 5.69 Å². The van der Waals surface area contributed by atoms with Crippen LogP contribution in [-0.4, -0.2) is 41.3 Å². The summed E-state index contributed by atoms with van der Waals surface area (Å²) in [6.07, 6.45) is 0. The molecule has 0 atom stereocenters. The third kappa shape index (κ3) is 5.96. The van der Waals surface area contributed by atoms with Gasteiger partial charge in [-0.05, 0) is 32.0 Å². The lowest BCUT2D eigenvalue weighted by Crippen LogP contribution is -2.32. The number of rotatable bonds is 7. The van der Waals surface area contributed by atoms with Gasteiger partial charge in [-0.3, -0.25) is 9.59 Å². The quantitative estimate of drug-likeness (QED) is 0.814. The van der Waals surface area contributed by atoms with E-state index in [9.17, 15) is 9.59 Å². The minimum atomic E-state index is -0.0968. The second kappa shape index (κ2) is 9.02. The van der Waals surface area contributed by atoms with Gasteiger partial charge in [-0.1, -0.05) is 22.0 Å². The second-order valence-corrected chi connectivity index (χ2v) is 6.02. The zero-order chi connectivity index (χ0) is 15.0. The number of benzene rings is 1. The van der Waals surface area contributed by atoms with Crippen molar-refractivity contribution in [2.75, 3.05) is 29.9 Å². The van der Waals surface area contributed by atoms with Gasteiger partial charge in [0, 0.05) is 23.2 Å². The Bertz CT molecular complexity index is 464. The molecule has 1 N–H and O–H groups in total. The predicted octanol–water partition coefficient (Wildman–Crippen LogP) is 2.99. The van der Waals surface area contributed by atoms with Crippen molar-refractivity contribution in [3.05, 3.63) is 28.7 Å². The van der Waals surface area contributed by atoms with E-state index in [0.29, 0.717) is 18.8 Å². The number of hydrogen-bond donors (Lipinski definition) is 1. The van der Waals surface area contributed by atoms with Crippen molar-refractivity contribution < 1.29 is 9.59 Å². The average Bonchev–Trinajstić information content (AvgIpc) is 2.40. The minimum absolute atomic E-state index is 0.0789. The monoisotopic (exact) mass is 358 g/mol. The molecule has 20 heavy (non-hydrogen) atoms. The van der Waals surface area contributed by atoms with Crippen LogP contribution in [0.25, 0.3) is 0 Å². The molecule has 0 aliphatic rings. The number of anilines is 1. The Morgan fingerprint density at radius 3 is 2.55 bits per heavy atom. The number of carbonyl (C=O) groups excluding carboxylic acids is 2. The molecule has 0 fully saturated rings. The fourth-order valence-electron chi connectivity index (χ4n) is 1.66. The van der Waals surface area contributed by atoms with Crippen molar-refractivity contribution >= 4 is 45.2 Å². The van der Waals surface area contributed by atoms with Crippen LogP contribution in [0.5, 0.6) is 0 Å². The SMILES string of the molecule is CCN(CC)C(=O)CSCC(=O)Nc1cccc(Br)c1. The molecule has 1 rings (SSSR count). The van der Waals surface area contributed by atoms with Crippen LogP contribution in [-0.2, 0) is 9.59 Å². The molecule has 4 nitrogen and oxygen atoms in total. The third-order valence-corrected chi connectivity index (χ3v) is 4.09. The van der Waals surface area contributed by atoms with Gasteiger partial charge in [0.05, 0.1) is 11.5 Å². The van der Waals surface area contributed by atoms with Crippen LogP contribution < -0.4 is 5.32 Å². The summed E-state index contributed by atoms with van der Waals surface area (Å²) in [5, 5.41) is 2.80. The first kappa shape index (κ1) is 17.0. The Morgan fingerprint density at radius 1 is 1.25 bits per heavy atom. The average molecular weight is 359 g/mol. The molecule has 0 aliphatic carbocycles. The van der Waals surface area contributed by atoms with Crippen LogP contribution >= 0.6 is 27.7 Å². The summed E-state index contributed by atoms with van der Waals surface area (Å²) in [7, 11) is 0. The van der Waals surface area contributed by atoms with Crippen LogP contribution in [0.1, 0.15) is 13.8 Å². The number of hydrogen-bond acceptors (Lipinski definition) is 3. The van der Waals surface area contributed by atoms with E-state index in [-0.39, 0.29) is 17.6 Å². The van der Waals surface area contributed by atoms with E-state index in [2.05, 4.69) is 21.2 Å². The molecule has 110 valence electrons. The van der Waals surface area contributed by atoms with E-state index in [1.54, 1.807) is 4.90 Å². The highest BCUT2D eigenvalue weighted by Crippen LogP contribution is 2.16. The molecule has 1 aromatic carbocycles. The van der Waals surface area contributed by atoms with Gasteiger partial charge < -0.3 is 10.2 Å². The molecule has 0 aromatic heterocycles. The fraction of sp³-hybridized carbons (Fsp3) is 0.429. The summed E-state index contributed by atoms with van der Waals surface area (Å²) in [5.41, 5.74) is 0.750. The fourth-order valence-corrected chi connectivity index (χ4v) is 2.78. The molecular formula is C14H19BrN2O2S. The number of nitrogens with zero attached hydrogens (tertiary/aromatic N) is 1. The van der Waals surface area contributed by atoms with Crippen molar-refractivity contribution in [2.24, 2.45) is 0 Å². The zero-order valence-corrected chi connectivity index (χ0v) is 14.1. The van der Waals surface area contributed by atoms with Gasteiger partial charge in [0.2, 0.25) is 11.8 Å². The topological polar surface area (TPSA) is 49.4 Å². The number of carbonyl (C=O) groups is 2. The molecule has 2 amide bonds. The van der Waals surface area contributed by atoms with E-state index in [0.717, 1.165) is 10.2 Å². The molecule has 1 aromatic rings. The van der Waals surface area contributed by atoms with Gasteiger partial charge in [-0.15, -0.1) is 11.8 Å². The Hall–Kier alpha value is -1.01. The number of thioether (sulfide) groups is 1. The first-order chi connectivity index (χ1) is 9.56. The van der Waals surface area contributed by atoms with Crippen molar-refractivity contribution in [2.45, 2.75) is 13.8 Å². The van der Waals surface area contributed by atoms with Gasteiger partial charge in [0.1, 0.15) is 0 Å². The lowest BCUT2D eigenvalue weighted by molar-refractivity contribution is -0.127. The highest BCUT2D eigenvalue weighted by atomic mass is 79.9. The van der Waals surface area contributed by atoms with E-state index >= 15 is 0 Å². The van der Waals surface area contributed by atoms with E-state index in [4.69, 9.17) is 0 Å². The standard InChI is InChI=1S/C14H19BrN2O2S/c1-3-17(4-2)14(19)10-20-9-13(18)16-12-7-5-6-11(15)8-12/h5-8H,3-4,9-10H2,1-2H3,(H,16,18). The van der Waals surface area contributed by atoms with E-state index < -0.39 is 0 Å². The van der Waals surface area contributed by atoms with Crippen LogP contribution in [0.3, 0.4) is 0 Å². The normalized spacial score (nSPS) is 10.2. The predicted molar refractivity (Wildman–Crippen MR) is 88.0 cm³/mol. The molecule has 0 aliphatic heterocycles. The van der Waals surface area contributed by atoms with Gasteiger partial charge >= 0.3 is 0 Å². The molecule has 0 unspecified atom stereocenters. The van der Waals surface area contributed by atoms with Crippen LogP contribution in [0, 0.1) is 0 Å². The van der Waals surface area contributed by atoms with E-state index in [1.165, 1.54) is 11.8 Å². The minimum Gasteiger partial charge on any atom is -0.343 e. The van der Waals surface area contributed by atoms with Gasteiger partial charge in [0.25, 0.3) is 0 Å². The Morgan fingerprint density at radius 2 is 1.95 bits per heavy atom. The highest BCUT2D eigenvalue weighted by molar-refractivity contribution is 9.10. The Labute approximate surface area is 132 Å². The molecule has 6 heteroatoms. The maximum absolute atomic E-state index is 11.8. The smallest absolute Gasteiger partial charge is 0.234 e. The van der Waals surface area contributed by atoms with Crippen molar-refractivity contribution in [1.82, 2.24) is 4.90 Å². The summed E-state index contributed by atoms with van der Waals surface area (Å²) in [4.78, 5) is 25.3. The zero-order valence-electron chi connectivity index (χ0n) is 11.7. The molecule has 0 saturated heterocycles. The maximum atomic E-state index is 11.8. The Kier molecular flexibility index (Phi) is 7.69. The highest BCUT2D eigenvalue weighted by Gasteiger charge is 2.10. The molecule has 0 bridgehead atoms. The third-order valence-electron chi connectivity index (χ3n) is 2.68. The first-order valence-electron chi connectivity index (χ1n) is 6.47. The maximum Gasteiger partial charge on any atom is 0.234 e. The largest absolute Gasteiger partial charge is 0.343 e. The van der Waals surface area contributed by atoms with Gasteiger partial charge in [-0.25, -0.2) is 0 Å². The van der Waals surface area contributed by atoms with Crippen molar-refractivity contribution in [3.63, 3.8) is 0 Å². The number of amides is 2. The number of nitrogens with one attached hydrogen (secondary N) is 1. The molecule has 0 saturated carbocycles.